The second-order valence-electron chi connectivity index (χ2n) is 4.24. The lowest BCUT2D eigenvalue weighted by atomic mass is 10.2. The third-order valence-corrected chi connectivity index (χ3v) is 3.85. The second kappa shape index (κ2) is 5.35. The minimum atomic E-state index is -0.292. The predicted octanol–water partition coefficient (Wildman–Crippen LogP) is 4.33. The van der Waals surface area contributed by atoms with Gasteiger partial charge in [0.25, 0.3) is 0 Å². The highest BCUT2D eigenvalue weighted by molar-refractivity contribution is 7.20. The summed E-state index contributed by atoms with van der Waals surface area (Å²) in [5.74, 6) is -0.435. The van der Waals surface area contributed by atoms with Crippen molar-refractivity contribution < 1.29 is 9.18 Å². The Bertz CT molecular complexity index is 757. The van der Waals surface area contributed by atoms with E-state index in [0.717, 1.165) is 15.8 Å². The quantitative estimate of drug-likeness (QED) is 0.529. The Kier molecular flexibility index (Phi) is 3.39. The van der Waals surface area contributed by atoms with Crippen LogP contribution in [-0.2, 0) is 0 Å². The molecule has 2 aromatic carbocycles. The molecule has 20 heavy (non-hydrogen) atoms. The fourth-order valence-electron chi connectivity index (χ4n) is 1.79. The number of thiazole rings is 1. The van der Waals surface area contributed by atoms with Gasteiger partial charge in [-0.1, -0.05) is 30.3 Å². The number of ketones is 1. The van der Waals surface area contributed by atoms with Gasteiger partial charge in [0.05, 0.1) is 10.2 Å². The van der Waals surface area contributed by atoms with E-state index in [2.05, 4.69) is 4.98 Å². The fourth-order valence-corrected chi connectivity index (χ4v) is 2.68. The average Bonchev–Trinajstić information content (AvgIpc) is 2.90. The first-order chi connectivity index (χ1) is 9.72. The van der Waals surface area contributed by atoms with E-state index in [1.165, 1.54) is 29.5 Å². The molecule has 0 amide bonds. The summed E-state index contributed by atoms with van der Waals surface area (Å²) in [6.07, 6.45) is 3.12. The molecule has 0 atom stereocenters. The zero-order valence-electron chi connectivity index (χ0n) is 10.4. The van der Waals surface area contributed by atoms with E-state index in [1.807, 2.05) is 24.3 Å². The van der Waals surface area contributed by atoms with Crippen molar-refractivity contribution in [1.82, 2.24) is 4.98 Å². The van der Waals surface area contributed by atoms with Gasteiger partial charge in [0.2, 0.25) is 5.78 Å². The van der Waals surface area contributed by atoms with Crippen LogP contribution in [0.25, 0.3) is 16.3 Å². The molecule has 98 valence electrons. The first-order valence-electron chi connectivity index (χ1n) is 6.06. The molecular weight excluding hydrogens is 273 g/mol. The molecular formula is C16H10FNOS. The van der Waals surface area contributed by atoms with Gasteiger partial charge in [-0.3, -0.25) is 4.79 Å². The van der Waals surface area contributed by atoms with Gasteiger partial charge in [0, 0.05) is 0 Å². The Balaban J connectivity index is 1.83. The van der Waals surface area contributed by atoms with Crippen LogP contribution in [0, 0.1) is 5.82 Å². The highest BCUT2D eigenvalue weighted by Gasteiger charge is 2.08. The van der Waals surface area contributed by atoms with Crippen molar-refractivity contribution in [2.24, 2.45) is 0 Å². The normalized spacial score (nSPS) is 11.2. The van der Waals surface area contributed by atoms with Crippen LogP contribution in [0.4, 0.5) is 4.39 Å². The Morgan fingerprint density at radius 2 is 1.85 bits per heavy atom. The molecule has 1 heterocycles. The number of aromatic nitrogens is 1. The minimum Gasteiger partial charge on any atom is -0.287 e. The third-order valence-electron chi connectivity index (χ3n) is 2.80. The molecule has 0 N–H and O–H groups in total. The average molecular weight is 283 g/mol. The van der Waals surface area contributed by atoms with Gasteiger partial charge in [0.15, 0.2) is 5.01 Å². The van der Waals surface area contributed by atoms with Crippen LogP contribution < -0.4 is 0 Å². The van der Waals surface area contributed by atoms with Crippen LogP contribution in [0.1, 0.15) is 15.4 Å². The largest absolute Gasteiger partial charge is 0.287 e. The lowest BCUT2D eigenvalue weighted by Crippen LogP contribution is -1.92. The van der Waals surface area contributed by atoms with Gasteiger partial charge in [0.1, 0.15) is 5.82 Å². The monoisotopic (exact) mass is 283 g/mol. The number of fused-ring (bicyclic) bond motifs is 1. The Morgan fingerprint density at radius 1 is 1.10 bits per heavy atom. The van der Waals surface area contributed by atoms with Crippen molar-refractivity contribution in [3.05, 3.63) is 71.0 Å². The van der Waals surface area contributed by atoms with E-state index in [1.54, 1.807) is 18.2 Å². The molecule has 0 aliphatic heterocycles. The molecule has 0 saturated heterocycles. The van der Waals surface area contributed by atoms with Crippen LogP contribution in [0.2, 0.25) is 0 Å². The number of carbonyl (C=O) groups is 1. The zero-order valence-corrected chi connectivity index (χ0v) is 11.2. The van der Waals surface area contributed by atoms with Crippen molar-refractivity contribution >= 4 is 33.4 Å². The maximum absolute atomic E-state index is 12.8. The van der Waals surface area contributed by atoms with Gasteiger partial charge in [-0.05, 0) is 35.9 Å². The van der Waals surface area contributed by atoms with E-state index in [0.29, 0.717) is 5.01 Å². The van der Waals surface area contributed by atoms with Crippen molar-refractivity contribution in [3.63, 3.8) is 0 Å². The summed E-state index contributed by atoms with van der Waals surface area (Å²) >= 11 is 1.37. The molecule has 1 aromatic heterocycles. The van der Waals surface area contributed by atoms with E-state index in [4.69, 9.17) is 0 Å². The molecule has 2 nitrogen and oxygen atoms in total. The number of hydrogen-bond acceptors (Lipinski definition) is 3. The number of rotatable bonds is 3. The standard InChI is InChI=1S/C16H10FNOS/c17-12-8-5-11(6-9-12)7-10-14(19)16-18-13-3-1-2-4-15(13)20-16/h1-10H/b10-7+. The van der Waals surface area contributed by atoms with E-state index in [-0.39, 0.29) is 11.6 Å². The molecule has 4 heteroatoms. The van der Waals surface area contributed by atoms with E-state index in [9.17, 15) is 9.18 Å². The Labute approximate surface area is 119 Å². The minimum absolute atomic E-state index is 0.143. The first kappa shape index (κ1) is 12.7. The number of allylic oxidation sites excluding steroid dienone is 1. The number of benzene rings is 2. The van der Waals surface area contributed by atoms with Crippen molar-refractivity contribution in [2.45, 2.75) is 0 Å². The number of carbonyl (C=O) groups excluding carboxylic acids is 1. The molecule has 3 rings (SSSR count). The van der Waals surface area contributed by atoms with Gasteiger partial charge < -0.3 is 0 Å². The molecule has 0 radical (unpaired) electrons. The number of halogens is 1. The predicted molar refractivity (Wildman–Crippen MR) is 79.4 cm³/mol. The van der Waals surface area contributed by atoms with Gasteiger partial charge in [-0.25, -0.2) is 9.37 Å². The summed E-state index contributed by atoms with van der Waals surface area (Å²) in [4.78, 5) is 16.3. The molecule has 0 spiro atoms. The molecule has 0 saturated carbocycles. The van der Waals surface area contributed by atoms with Crippen LogP contribution >= 0.6 is 11.3 Å². The molecule has 0 aliphatic carbocycles. The summed E-state index contributed by atoms with van der Waals surface area (Å²) in [6.45, 7) is 0. The van der Waals surface area contributed by atoms with Crippen molar-refractivity contribution in [2.75, 3.05) is 0 Å². The van der Waals surface area contributed by atoms with Crippen LogP contribution in [0.3, 0.4) is 0 Å². The molecule has 3 aromatic rings. The second-order valence-corrected chi connectivity index (χ2v) is 5.27. The third kappa shape index (κ3) is 2.65. The summed E-state index contributed by atoms with van der Waals surface area (Å²) in [5.41, 5.74) is 1.61. The SMILES string of the molecule is O=C(/C=C/c1ccc(F)cc1)c1nc2ccccc2s1. The first-order valence-corrected chi connectivity index (χ1v) is 6.87. The number of nitrogens with zero attached hydrogens (tertiary/aromatic N) is 1. The van der Waals surface area contributed by atoms with Crippen LogP contribution in [0.15, 0.2) is 54.6 Å². The highest BCUT2D eigenvalue weighted by atomic mass is 32.1. The summed E-state index contributed by atoms with van der Waals surface area (Å²) < 4.78 is 13.8. The maximum Gasteiger partial charge on any atom is 0.214 e. The van der Waals surface area contributed by atoms with Crippen LogP contribution in [-0.4, -0.2) is 10.8 Å². The van der Waals surface area contributed by atoms with Gasteiger partial charge in [-0.2, -0.15) is 0 Å². The molecule has 0 aliphatic rings. The number of para-hydroxylation sites is 1. The van der Waals surface area contributed by atoms with Crippen molar-refractivity contribution in [1.29, 1.82) is 0 Å². The Hall–Kier alpha value is -2.33. The lowest BCUT2D eigenvalue weighted by molar-refractivity contribution is 0.104. The number of hydrogen-bond donors (Lipinski definition) is 0. The Morgan fingerprint density at radius 3 is 2.60 bits per heavy atom. The van der Waals surface area contributed by atoms with Crippen LogP contribution in [0.5, 0.6) is 0 Å². The summed E-state index contributed by atoms with van der Waals surface area (Å²) in [6, 6.07) is 13.6. The fraction of sp³-hybridized carbons (Fsp3) is 0. The zero-order chi connectivity index (χ0) is 13.9. The van der Waals surface area contributed by atoms with Gasteiger partial charge >= 0.3 is 0 Å². The highest BCUT2D eigenvalue weighted by Crippen LogP contribution is 2.22. The molecule has 0 bridgehead atoms. The van der Waals surface area contributed by atoms with Gasteiger partial charge in [-0.15, -0.1) is 11.3 Å². The van der Waals surface area contributed by atoms with E-state index >= 15 is 0 Å². The molecule has 0 unspecified atom stereocenters. The van der Waals surface area contributed by atoms with E-state index < -0.39 is 0 Å². The smallest absolute Gasteiger partial charge is 0.214 e. The maximum atomic E-state index is 12.8. The van der Waals surface area contributed by atoms with Crippen molar-refractivity contribution in [3.8, 4) is 0 Å². The molecule has 0 fully saturated rings. The summed E-state index contributed by atoms with van der Waals surface area (Å²) in [5, 5.41) is 0.463. The summed E-state index contributed by atoms with van der Waals surface area (Å²) in [7, 11) is 0. The topological polar surface area (TPSA) is 30.0 Å². The lowest BCUT2D eigenvalue weighted by Gasteiger charge is -1.92.